The van der Waals surface area contributed by atoms with Gasteiger partial charge in [-0.25, -0.2) is 9.48 Å². The molecule has 26 heavy (non-hydrogen) atoms. The Hall–Kier alpha value is -2.52. The van der Waals surface area contributed by atoms with E-state index in [9.17, 15) is 18.0 Å². The fourth-order valence-corrected chi connectivity index (χ4v) is 3.01. The number of urea groups is 1. The van der Waals surface area contributed by atoms with Crippen LogP contribution in [0.25, 0.3) is 5.69 Å². The van der Waals surface area contributed by atoms with Crippen LogP contribution < -0.4 is 10.6 Å². The van der Waals surface area contributed by atoms with Crippen molar-refractivity contribution in [2.75, 3.05) is 5.32 Å². The number of anilines is 1. The van der Waals surface area contributed by atoms with Gasteiger partial charge in [-0.1, -0.05) is 17.7 Å². The van der Waals surface area contributed by atoms with Crippen LogP contribution in [-0.4, -0.2) is 15.8 Å². The minimum atomic E-state index is -4.72. The SMILES string of the molecule is O=C(NCc1cccs1)Nc1cnn(-c2ccc(Cl)cc2)c1C(F)(F)F. The normalized spacial score (nSPS) is 11.4. The maximum Gasteiger partial charge on any atom is 0.435 e. The molecule has 1 aromatic carbocycles. The predicted molar refractivity (Wildman–Crippen MR) is 93.8 cm³/mol. The Bertz CT molecular complexity index is 891. The summed E-state index contributed by atoms with van der Waals surface area (Å²) in [5, 5.41) is 10.7. The van der Waals surface area contributed by atoms with Crippen LogP contribution in [0.2, 0.25) is 5.02 Å². The number of nitrogens with one attached hydrogen (secondary N) is 2. The fourth-order valence-electron chi connectivity index (χ4n) is 2.24. The number of hydrogen-bond donors (Lipinski definition) is 2. The quantitative estimate of drug-likeness (QED) is 0.652. The molecule has 136 valence electrons. The molecule has 0 aliphatic carbocycles. The van der Waals surface area contributed by atoms with Gasteiger partial charge in [-0.15, -0.1) is 11.3 Å². The molecular formula is C16H12ClF3N4OS. The molecule has 0 saturated heterocycles. The summed E-state index contributed by atoms with van der Waals surface area (Å²) in [7, 11) is 0. The van der Waals surface area contributed by atoms with Crippen molar-refractivity contribution in [3.8, 4) is 5.69 Å². The lowest BCUT2D eigenvalue weighted by molar-refractivity contribution is -0.142. The fraction of sp³-hybridized carbons (Fsp3) is 0.125. The first-order valence-corrected chi connectivity index (χ1v) is 8.59. The molecule has 2 heterocycles. The van der Waals surface area contributed by atoms with E-state index in [0.29, 0.717) is 9.70 Å². The zero-order chi connectivity index (χ0) is 18.7. The van der Waals surface area contributed by atoms with E-state index in [0.717, 1.165) is 11.1 Å². The molecule has 2 N–H and O–H groups in total. The van der Waals surface area contributed by atoms with Crippen molar-refractivity contribution < 1.29 is 18.0 Å². The highest BCUT2D eigenvalue weighted by Gasteiger charge is 2.39. The van der Waals surface area contributed by atoms with E-state index in [1.807, 2.05) is 17.5 Å². The Morgan fingerprint density at radius 2 is 1.96 bits per heavy atom. The average Bonchev–Trinajstić information content (AvgIpc) is 3.22. The number of amides is 2. The van der Waals surface area contributed by atoms with Gasteiger partial charge >= 0.3 is 12.2 Å². The van der Waals surface area contributed by atoms with E-state index in [4.69, 9.17) is 11.6 Å². The van der Waals surface area contributed by atoms with Gasteiger partial charge in [-0.3, -0.25) is 0 Å². The second-order valence-electron chi connectivity index (χ2n) is 5.18. The monoisotopic (exact) mass is 400 g/mol. The summed E-state index contributed by atoms with van der Waals surface area (Å²) in [5.41, 5.74) is -1.34. The molecule has 2 amide bonds. The van der Waals surface area contributed by atoms with E-state index in [1.54, 1.807) is 0 Å². The summed E-state index contributed by atoms with van der Waals surface area (Å²) >= 11 is 7.20. The lowest BCUT2D eigenvalue weighted by atomic mass is 10.3. The van der Waals surface area contributed by atoms with Gasteiger partial charge in [0.2, 0.25) is 0 Å². The van der Waals surface area contributed by atoms with E-state index in [2.05, 4.69) is 15.7 Å². The van der Waals surface area contributed by atoms with E-state index in [1.165, 1.54) is 35.6 Å². The van der Waals surface area contributed by atoms with Crippen LogP contribution in [0.5, 0.6) is 0 Å². The van der Waals surface area contributed by atoms with Gasteiger partial charge in [-0.05, 0) is 35.7 Å². The predicted octanol–water partition coefficient (Wildman–Crippen LogP) is 4.93. The van der Waals surface area contributed by atoms with Crippen molar-refractivity contribution >= 4 is 34.7 Å². The maximum absolute atomic E-state index is 13.5. The van der Waals surface area contributed by atoms with E-state index >= 15 is 0 Å². The molecule has 3 rings (SSSR count). The Morgan fingerprint density at radius 3 is 2.58 bits per heavy atom. The maximum atomic E-state index is 13.5. The summed E-state index contributed by atoms with van der Waals surface area (Å²) in [6, 6.07) is 8.61. The van der Waals surface area contributed by atoms with Gasteiger partial charge in [-0.2, -0.15) is 18.3 Å². The molecule has 0 fully saturated rings. The largest absolute Gasteiger partial charge is 0.435 e. The average molecular weight is 401 g/mol. The Labute approximate surface area is 155 Å². The highest BCUT2D eigenvalue weighted by Crippen LogP contribution is 2.36. The number of hydrogen-bond acceptors (Lipinski definition) is 3. The number of aromatic nitrogens is 2. The Kier molecular flexibility index (Phi) is 5.19. The first-order valence-electron chi connectivity index (χ1n) is 7.33. The third-order valence-electron chi connectivity index (χ3n) is 3.36. The molecule has 0 unspecified atom stereocenters. The molecule has 0 atom stereocenters. The summed E-state index contributed by atoms with van der Waals surface area (Å²) < 4.78 is 41.2. The highest BCUT2D eigenvalue weighted by atomic mass is 35.5. The van der Waals surface area contributed by atoms with Crippen molar-refractivity contribution in [2.24, 2.45) is 0 Å². The second kappa shape index (κ2) is 7.38. The first-order chi connectivity index (χ1) is 12.3. The number of benzene rings is 1. The smallest absolute Gasteiger partial charge is 0.333 e. The molecule has 0 spiro atoms. The van der Waals surface area contributed by atoms with Gasteiger partial charge in [0.05, 0.1) is 24.1 Å². The van der Waals surface area contributed by atoms with Gasteiger partial charge in [0, 0.05) is 9.90 Å². The molecule has 0 bridgehead atoms. The van der Waals surface area contributed by atoms with Crippen molar-refractivity contribution in [1.29, 1.82) is 0 Å². The minimum Gasteiger partial charge on any atom is -0.333 e. The number of alkyl halides is 3. The molecular weight excluding hydrogens is 389 g/mol. The number of halogens is 4. The van der Waals surface area contributed by atoms with Crippen LogP contribution in [0.1, 0.15) is 10.6 Å². The number of rotatable bonds is 4. The third kappa shape index (κ3) is 4.17. The van der Waals surface area contributed by atoms with Gasteiger partial charge in [0.1, 0.15) is 0 Å². The molecule has 0 aliphatic heterocycles. The molecule has 3 aromatic rings. The summed E-state index contributed by atoms with van der Waals surface area (Å²) in [6.07, 6.45) is -3.76. The highest BCUT2D eigenvalue weighted by molar-refractivity contribution is 7.09. The second-order valence-corrected chi connectivity index (χ2v) is 6.65. The van der Waals surface area contributed by atoms with Crippen LogP contribution in [0.15, 0.2) is 48.0 Å². The van der Waals surface area contributed by atoms with Crippen molar-refractivity contribution in [3.05, 3.63) is 63.6 Å². The van der Waals surface area contributed by atoms with Gasteiger partial charge in [0.25, 0.3) is 0 Å². The van der Waals surface area contributed by atoms with Crippen molar-refractivity contribution in [2.45, 2.75) is 12.7 Å². The molecule has 5 nitrogen and oxygen atoms in total. The lowest BCUT2D eigenvalue weighted by Gasteiger charge is -2.13. The molecule has 0 aliphatic rings. The van der Waals surface area contributed by atoms with E-state index < -0.39 is 23.6 Å². The standard InChI is InChI=1S/C16H12ClF3N4OS/c17-10-3-5-11(6-4-10)24-14(16(18,19)20)13(9-22-24)23-15(25)21-8-12-2-1-7-26-12/h1-7,9H,8H2,(H2,21,23,25). The lowest BCUT2D eigenvalue weighted by Crippen LogP contribution is -2.29. The van der Waals surface area contributed by atoms with E-state index in [-0.39, 0.29) is 12.2 Å². The van der Waals surface area contributed by atoms with Crippen molar-refractivity contribution in [1.82, 2.24) is 15.1 Å². The number of nitrogens with zero attached hydrogens (tertiary/aromatic N) is 2. The van der Waals surface area contributed by atoms with Crippen LogP contribution in [0.4, 0.5) is 23.7 Å². The van der Waals surface area contributed by atoms with Gasteiger partial charge < -0.3 is 10.6 Å². The zero-order valence-electron chi connectivity index (χ0n) is 13.0. The third-order valence-corrected chi connectivity index (χ3v) is 4.49. The van der Waals surface area contributed by atoms with Crippen LogP contribution in [0.3, 0.4) is 0 Å². The zero-order valence-corrected chi connectivity index (χ0v) is 14.6. The van der Waals surface area contributed by atoms with Crippen molar-refractivity contribution in [3.63, 3.8) is 0 Å². The Balaban J connectivity index is 1.83. The first kappa shape index (κ1) is 18.3. The summed E-state index contributed by atoms with van der Waals surface area (Å²) in [5.74, 6) is 0. The summed E-state index contributed by atoms with van der Waals surface area (Å²) in [4.78, 5) is 12.8. The number of thiophene rings is 1. The number of carbonyl (C=O) groups excluding carboxylic acids is 1. The Morgan fingerprint density at radius 1 is 1.23 bits per heavy atom. The molecule has 0 radical (unpaired) electrons. The van der Waals surface area contributed by atoms with Crippen LogP contribution in [-0.2, 0) is 12.7 Å². The minimum absolute atomic E-state index is 0.175. The van der Waals surface area contributed by atoms with Gasteiger partial charge in [0.15, 0.2) is 5.69 Å². The molecule has 0 saturated carbocycles. The summed E-state index contributed by atoms with van der Waals surface area (Å²) in [6.45, 7) is 0.218. The number of carbonyl (C=O) groups is 1. The topological polar surface area (TPSA) is 59.0 Å². The van der Waals surface area contributed by atoms with Crippen LogP contribution >= 0.6 is 22.9 Å². The molecule has 2 aromatic heterocycles. The molecule has 10 heteroatoms. The van der Waals surface area contributed by atoms with Crippen LogP contribution in [0, 0.1) is 0 Å².